The molecule has 0 atom stereocenters. The fourth-order valence-corrected chi connectivity index (χ4v) is 3.01. The van der Waals surface area contributed by atoms with Gasteiger partial charge in [0.15, 0.2) is 0 Å². The van der Waals surface area contributed by atoms with Crippen molar-refractivity contribution in [3.63, 3.8) is 0 Å². The van der Waals surface area contributed by atoms with Crippen molar-refractivity contribution in [2.24, 2.45) is 5.73 Å². The van der Waals surface area contributed by atoms with Crippen molar-refractivity contribution in [3.05, 3.63) is 40.7 Å². The summed E-state index contributed by atoms with van der Waals surface area (Å²) in [4.78, 5) is 12.5. The highest BCUT2D eigenvalue weighted by atomic mass is 32.1. The highest BCUT2D eigenvalue weighted by Gasteiger charge is 2.14. The van der Waals surface area contributed by atoms with Gasteiger partial charge in [-0.15, -0.1) is 5.10 Å². The number of rotatable bonds is 5. The molecule has 114 valence electrons. The van der Waals surface area contributed by atoms with Gasteiger partial charge in [-0.2, -0.15) is 0 Å². The number of anilines is 1. The summed E-state index contributed by atoms with van der Waals surface area (Å²) in [7, 11) is 2.03. The molecule has 2 aromatic heterocycles. The summed E-state index contributed by atoms with van der Waals surface area (Å²) >= 11 is 1.43. The molecule has 22 heavy (non-hydrogen) atoms. The quantitative estimate of drug-likeness (QED) is 0.775. The van der Waals surface area contributed by atoms with Crippen molar-refractivity contribution in [2.75, 3.05) is 18.5 Å². The van der Waals surface area contributed by atoms with Gasteiger partial charge in [-0.1, -0.05) is 16.6 Å². The molecule has 7 heteroatoms. The first-order valence-electron chi connectivity index (χ1n) is 7.13. The van der Waals surface area contributed by atoms with Gasteiger partial charge >= 0.3 is 0 Å². The van der Waals surface area contributed by atoms with Gasteiger partial charge in [-0.05, 0) is 37.1 Å². The van der Waals surface area contributed by atoms with Crippen molar-refractivity contribution in [2.45, 2.75) is 19.9 Å². The van der Waals surface area contributed by atoms with Gasteiger partial charge < -0.3 is 10.6 Å². The molecule has 0 aliphatic heterocycles. The summed E-state index contributed by atoms with van der Waals surface area (Å²) in [5.41, 5.74) is 7.57. The molecule has 0 saturated carbocycles. The maximum absolute atomic E-state index is 5.65. The minimum absolute atomic E-state index is 0.541. The van der Waals surface area contributed by atoms with Crippen LogP contribution in [0.1, 0.15) is 16.4 Å². The van der Waals surface area contributed by atoms with Crippen LogP contribution in [-0.2, 0) is 13.0 Å². The van der Waals surface area contributed by atoms with Crippen molar-refractivity contribution in [3.8, 4) is 0 Å². The van der Waals surface area contributed by atoms with Gasteiger partial charge in [-0.3, -0.25) is 0 Å². The average molecular weight is 314 g/mol. The monoisotopic (exact) mass is 314 g/mol. The third-order valence-corrected chi connectivity index (χ3v) is 4.29. The lowest BCUT2D eigenvalue weighted by atomic mass is 10.2. The Hall–Kier alpha value is -2.12. The van der Waals surface area contributed by atoms with Crippen molar-refractivity contribution in [1.82, 2.24) is 19.6 Å². The number of nitrogens with two attached hydrogens (primary N) is 1. The van der Waals surface area contributed by atoms with E-state index in [-0.39, 0.29) is 0 Å². The molecule has 6 nitrogen and oxygen atoms in total. The highest BCUT2D eigenvalue weighted by Crippen LogP contribution is 2.25. The lowest BCUT2D eigenvalue weighted by Gasteiger charge is -2.20. The van der Waals surface area contributed by atoms with Crippen LogP contribution in [0.4, 0.5) is 5.82 Å². The third kappa shape index (κ3) is 2.90. The Morgan fingerprint density at radius 1 is 1.23 bits per heavy atom. The molecule has 0 bridgehead atoms. The molecule has 0 amide bonds. The summed E-state index contributed by atoms with van der Waals surface area (Å²) < 4.78 is 3.99. The maximum atomic E-state index is 5.65. The largest absolute Gasteiger partial charge is 0.354 e. The maximum Gasteiger partial charge on any atom is 0.140 e. The standard InChI is InChI=1S/C15H18N6S/c1-10-13(22-20-19-10)9-21(2)15-11-5-3-4-6-12(11)17-14(18-15)7-8-16/h3-6H,7-9,16H2,1-2H3. The van der Waals surface area contributed by atoms with Crippen LogP contribution >= 0.6 is 11.5 Å². The van der Waals surface area contributed by atoms with Crippen LogP contribution in [0.2, 0.25) is 0 Å². The Morgan fingerprint density at radius 2 is 2.05 bits per heavy atom. The zero-order chi connectivity index (χ0) is 15.5. The van der Waals surface area contributed by atoms with Crippen molar-refractivity contribution in [1.29, 1.82) is 0 Å². The molecule has 2 heterocycles. The highest BCUT2D eigenvalue weighted by molar-refractivity contribution is 7.05. The third-order valence-electron chi connectivity index (χ3n) is 3.49. The fourth-order valence-electron chi connectivity index (χ4n) is 2.32. The Bertz CT molecular complexity index is 785. The molecule has 0 aliphatic rings. The van der Waals surface area contributed by atoms with Gasteiger partial charge in [0.05, 0.1) is 22.6 Å². The second kappa shape index (κ2) is 6.33. The van der Waals surface area contributed by atoms with E-state index in [0.717, 1.165) is 39.7 Å². The van der Waals surface area contributed by atoms with Crippen LogP contribution in [0.15, 0.2) is 24.3 Å². The number of para-hydroxylation sites is 1. The molecule has 0 aliphatic carbocycles. The molecular formula is C15H18N6S. The number of aromatic nitrogens is 4. The van der Waals surface area contributed by atoms with Crippen LogP contribution < -0.4 is 10.6 Å². The van der Waals surface area contributed by atoms with Crippen LogP contribution in [0.5, 0.6) is 0 Å². The van der Waals surface area contributed by atoms with E-state index in [1.165, 1.54) is 11.5 Å². The van der Waals surface area contributed by atoms with Gasteiger partial charge in [0, 0.05) is 18.9 Å². The van der Waals surface area contributed by atoms with E-state index >= 15 is 0 Å². The molecule has 3 aromatic rings. The molecule has 0 saturated heterocycles. The van der Waals surface area contributed by atoms with Gasteiger partial charge in [-0.25, -0.2) is 9.97 Å². The van der Waals surface area contributed by atoms with Crippen molar-refractivity contribution >= 4 is 28.3 Å². The van der Waals surface area contributed by atoms with Crippen molar-refractivity contribution < 1.29 is 0 Å². The minimum Gasteiger partial charge on any atom is -0.354 e. The van der Waals surface area contributed by atoms with E-state index in [4.69, 9.17) is 10.7 Å². The van der Waals surface area contributed by atoms with E-state index in [9.17, 15) is 0 Å². The lowest BCUT2D eigenvalue weighted by molar-refractivity contribution is 0.846. The summed E-state index contributed by atoms with van der Waals surface area (Å²) in [6.07, 6.45) is 0.673. The number of benzene rings is 1. The fraction of sp³-hybridized carbons (Fsp3) is 0.333. The zero-order valence-electron chi connectivity index (χ0n) is 12.7. The Kier molecular flexibility index (Phi) is 4.26. The van der Waals surface area contributed by atoms with E-state index in [1.54, 1.807) is 0 Å². The predicted molar refractivity (Wildman–Crippen MR) is 89.0 cm³/mol. The molecule has 0 fully saturated rings. The Labute approximate surface area is 133 Å². The average Bonchev–Trinajstić information content (AvgIpc) is 2.92. The van der Waals surface area contributed by atoms with Crippen LogP contribution in [-0.4, -0.2) is 33.1 Å². The second-order valence-corrected chi connectivity index (χ2v) is 6.00. The van der Waals surface area contributed by atoms with E-state index in [0.29, 0.717) is 13.0 Å². The first-order valence-corrected chi connectivity index (χ1v) is 7.91. The molecule has 3 rings (SSSR count). The number of nitrogens with zero attached hydrogens (tertiary/aromatic N) is 5. The summed E-state index contributed by atoms with van der Waals surface area (Å²) in [5, 5.41) is 5.11. The van der Waals surface area contributed by atoms with Crippen LogP contribution in [0, 0.1) is 6.92 Å². The molecule has 2 N–H and O–H groups in total. The summed E-state index contributed by atoms with van der Waals surface area (Å²) in [6, 6.07) is 8.05. The number of fused-ring (bicyclic) bond motifs is 1. The number of hydrogen-bond donors (Lipinski definition) is 1. The first-order chi connectivity index (χ1) is 10.7. The smallest absolute Gasteiger partial charge is 0.140 e. The summed E-state index contributed by atoms with van der Waals surface area (Å²) in [5.74, 6) is 1.70. The normalized spacial score (nSPS) is 11.0. The first kappa shape index (κ1) is 14.8. The topological polar surface area (TPSA) is 80.8 Å². The minimum atomic E-state index is 0.541. The van der Waals surface area contributed by atoms with Gasteiger partial charge in [0.2, 0.25) is 0 Å². The zero-order valence-corrected chi connectivity index (χ0v) is 13.5. The molecular weight excluding hydrogens is 296 g/mol. The molecule has 1 aromatic carbocycles. The number of aryl methyl sites for hydroxylation is 1. The summed E-state index contributed by atoms with van der Waals surface area (Å²) in [6.45, 7) is 3.25. The van der Waals surface area contributed by atoms with E-state index in [2.05, 4.69) is 19.5 Å². The lowest BCUT2D eigenvalue weighted by Crippen LogP contribution is -2.19. The van der Waals surface area contributed by atoms with Gasteiger partial charge in [0.1, 0.15) is 11.6 Å². The van der Waals surface area contributed by atoms with Gasteiger partial charge in [0.25, 0.3) is 0 Å². The SMILES string of the molecule is Cc1nnsc1CN(C)c1nc(CCN)nc2ccccc12. The van der Waals surface area contributed by atoms with Crippen LogP contribution in [0.3, 0.4) is 0 Å². The number of hydrogen-bond acceptors (Lipinski definition) is 7. The predicted octanol–water partition coefficient (Wildman–Crippen LogP) is 1.93. The van der Waals surface area contributed by atoms with E-state index in [1.807, 2.05) is 38.2 Å². The van der Waals surface area contributed by atoms with E-state index < -0.39 is 0 Å². The second-order valence-electron chi connectivity index (χ2n) is 5.16. The molecule has 0 radical (unpaired) electrons. The molecule has 0 unspecified atom stereocenters. The Balaban J connectivity index is 2.02. The Morgan fingerprint density at radius 3 is 2.77 bits per heavy atom. The van der Waals surface area contributed by atoms with Crippen LogP contribution in [0.25, 0.3) is 10.9 Å². The molecule has 0 spiro atoms.